The summed E-state index contributed by atoms with van der Waals surface area (Å²) in [7, 11) is 0. The van der Waals surface area contributed by atoms with Crippen molar-refractivity contribution >= 4 is 18.7 Å². The zero-order valence-electron chi connectivity index (χ0n) is 8.63. The van der Waals surface area contributed by atoms with Gasteiger partial charge in [0.25, 0.3) is 0 Å². The van der Waals surface area contributed by atoms with E-state index in [1.807, 2.05) is 0 Å². The highest BCUT2D eigenvalue weighted by Gasteiger charge is 2.15. The molecular weight excluding hydrogens is 205 g/mol. The molecule has 0 bridgehead atoms. The number of amides is 1. The molecule has 0 aromatic heterocycles. The molecule has 5 heteroatoms. The standard InChI is InChI=1S/C9H16FNO2S/c1-9(2,3)13-8(12)11-5-7(4-10)6-14/h4,14H,5-6H2,1-3H3,(H,11,12)/b7-4+. The van der Waals surface area contributed by atoms with Crippen LogP contribution in [0.1, 0.15) is 20.8 Å². The average molecular weight is 221 g/mol. The Labute approximate surface area is 89.1 Å². The van der Waals surface area contributed by atoms with Crippen molar-refractivity contribution in [3.63, 3.8) is 0 Å². The predicted octanol–water partition coefficient (Wildman–Crippen LogP) is 2.29. The summed E-state index contributed by atoms with van der Waals surface area (Å²) in [4.78, 5) is 11.1. The predicted molar refractivity (Wildman–Crippen MR) is 57.3 cm³/mol. The van der Waals surface area contributed by atoms with Gasteiger partial charge in [-0.3, -0.25) is 0 Å². The molecule has 0 radical (unpaired) electrons. The third kappa shape index (κ3) is 6.77. The minimum Gasteiger partial charge on any atom is -0.444 e. The van der Waals surface area contributed by atoms with Gasteiger partial charge in [0.05, 0.1) is 6.33 Å². The lowest BCUT2D eigenvalue weighted by Gasteiger charge is -2.19. The Morgan fingerprint density at radius 3 is 2.50 bits per heavy atom. The van der Waals surface area contributed by atoms with Gasteiger partial charge in [0.1, 0.15) is 5.60 Å². The fourth-order valence-corrected chi connectivity index (χ4v) is 0.810. The molecule has 0 spiro atoms. The van der Waals surface area contributed by atoms with E-state index in [4.69, 9.17) is 4.74 Å². The van der Waals surface area contributed by atoms with Crippen LogP contribution in [-0.2, 0) is 4.74 Å². The maximum atomic E-state index is 12.0. The summed E-state index contributed by atoms with van der Waals surface area (Å²) >= 11 is 3.88. The van der Waals surface area contributed by atoms with Gasteiger partial charge in [0.2, 0.25) is 0 Å². The molecule has 0 atom stereocenters. The van der Waals surface area contributed by atoms with Gasteiger partial charge in [0, 0.05) is 12.3 Å². The molecule has 14 heavy (non-hydrogen) atoms. The zero-order valence-corrected chi connectivity index (χ0v) is 9.53. The molecule has 0 rings (SSSR count). The highest BCUT2D eigenvalue weighted by molar-refractivity contribution is 7.80. The van der Waals surface area contributed by atoms with E-state index < -0.39 is 11.7 Å². The number of hydrogen-bond donors (Lipinski definition) is 2. The van der Waals surface area contributed by atoms with E-state index in [0.29, 0.717) is 11.9 Å². The number of rotatable bonds is 3. The number of carbonyl (C=O) groups is 1. The van der Waals surface area contributed by atoms with E-state index in [1.54, 1.807) is 20.8 Å². The van der Waals surface area contributed by atoms with Crippen LogP contribution in [0.2, 0.25) is 0 Å². The van der Waals surface area contributed by atoms with Crippen molar-refractivity contribution in [2.75, 3.05) is 12.3 Å². The van der Waals surface area contributed by atoms with Crippen molar-refractivity contribution < 1.29 is 13.9 Å². The van der Waals surface area contributed by atoms with E-state index in [1.165, 1.54) is 0 Å². The van der Waals surface area contributed by atoms with Gasteiger partial charge >= 0.3 is 6.09 Å². The molecule has 0 unspecified atom stereocenters. The molecule has 0 aromatic carbocycles. The first kappa shape index (κ1) is 13.3. The molecule has 3 nitrogen and oxygen atoms in total. The molecular formula is C9H16FNO2S. The van der Waals surface area contributed by atoms with E-state index >= 15 is 0 Å². The number of thiol groups is 1. The number of nitrogens with one attached hydrogen (secondary N) is 1. The second kappa shape index (κ2) is 5.90. The summed E-state index contributed by atoms with van der Waals surface area (Å²) in [5.74, 6) is 0.270. The summed E-state index contributed by atoms with van der Waals surface area (Å²) in [5, 5.41) is 2.42. The molecule has 0 saturated heterocycles. The van der Waals surface area contributed by atoms with Crippen molar-refractivity contribution in [2.24, 2.45) is 0 Å². The molecule has 0 aromatic rings. The molecule has 0 aliphatic rings. The third-order valence-corrected chi connectivity index (χ3v) is 1.62. The zero-order chi connectivity index (χ0) is 11.2. The molecule has 0 aliphatic heterocycles. The number of carbonyl (C=O) groups excluding carboxylic acids is 1. The van der Waals surface area contributed by atoms with Crippen LogP contribution < -0.4 is 5.32 Å². The van der Waals surface area contributed by atoms with Gasteiger partial charge in [-0.2, -0.15) is 12.6 Å². The maximum absolute atomic E-state index is 12.0. The van der Waals surface area contributed by atoms with Gasteiger partial charge in [-0.05, 0) is 26.3 Å². The van der Waals surface area contributed by atoms with Gasteiger partial charge in [0.15, 0.2) is 0 Å². The van der Waals surface area contributed by atoms with Crippen LogP contribution in [0.3, 0.4) is 0 Å². The first-order valence-electron chi connectivity index (χ1n) is 4.25. The molecule has 0 saturated carbocycles. The highest BCUT2D eigenvalue weighted by Crippen LogP contribution is 2.06. The average Bonchev–Trinajstić information content (AvgIpc) is 2.03. The monoisotopic (exact) mass is 221 g/mol. The summed E-state index contributed by atoms with van der Waals surface area (Å²) in [6, 6.07) is 0. The van der Waals surface area contributed by atoms with Crippen LogP contribution in [0.15, 0.2) is 11.9 Å². The summed E-state index contributed by atoms with van der Waals surface area (Å²) in [5.41, 5.74) is -0.135. The minimum atomic E-state index is -0.557. The quantitative estimate of drug-likeness (QED) is 0.718. The van der Waals surface area contributed by atoms with Gasteiger partial charge in [-0.1, -0.05) is 0 Å². The van der Waals surface area contributed by atoms with Crippen molar-refractivity contribution in [3.8, 4) is 0 Å². The largest absolute Gasteiger partial charge is 0.444 e. The van der Waals surface area contributed by atoms with Crippen LogP contribution in [0.25, 0.3) is 0 Å². The molecule has 0 fully saturated rings. The van der Waals surface area contributed by atoms with Gasteiger partial charge in [-0.15, -0.1) is 0 Å². The third-order valence-electron chi connectivity index (χ3n) is 1.22. The second-order valence-electron chi connectivity index (χ2n) is 3.78. The Morgan fingerprint density at radius 2 is 2.14 bits per heavy atom. The molecule has 1 N–H and O–H groups in total. The maximum Gasteiger partial charge on any atom is 0.407 e. The fraction of sp³-hybridized carbons (Fsp3) is 0.667. The Kier molecular flexibility index (Phi) is 5.60. The Morgan fingerprint density at radius 1 is 1.57 bits per heavy atom. The summed E-state index contributed by atoms with van der Waals surface area (Å²) < 4.78 is 17.0. The van der Waals surface area contributed by atoms with Gasteiger partial charge < -0.3 is 10.1 Å². The molecule has 82 valence electrons. The Balaban J connectivity index is 3.86. The highest BCUT2D eigenvalue weighted by atomic mass is 32.1. The van der Waals surface area contributed by atoms with Crippen LogP contribution >= 0.6 is 12.6 Å². The van der Waals surface area contributed by atoms with E-state index in [9.17, 15) is 9.18 Å². The molecule has 0 heterocycles. The lowest BCUT2D eigenvalue weighted by molar-refractivity contribution is 0.0532. The number of halogens is 1. The normalized spacial score (nSPS) is 12.5. The number of ether oxygens (including phenoxy) is 1. The lowest BCUT2D eigenvalue weighted by atomic mass is 10.2. The number of hydrogen-bond acceptors (Lipinski definition) is 3. The summed E-state index contributed by atoms with van der Waals surface area (Å²) in [6.07, 6.45) is -0.122. The van der Waals surface area contributed by atoms with Crippen molar-refractivity contribution in [2.45, 2.75) is 26.4 Å². The van der Waals surface area contributed by atoms with Crippen molar-refractivity contribution in [1.82, 2.24) is 5.32 Å². The first-order valence-corrected chi connectivity index (χ1v) is 4.88. The first-order chi connectivity index (χ1) is 6.39. The van der Waals surface area contributed by atoms with Crippen molar-refractivity contribution in [3.05, 3.63) is 11.9 Å². The van der Waals surface area contributed by atoms with Crippen LogP contribution in [0, 0.1) is 0 Å². The van der Waals surface area contributed by atoms with E-state index in [2.05, 4.69) is 17.9 Å². The molecule has 1 amide bonds. The second-order valence-corrected chi connectivity index (χ2v) is 4.10. The Bertz CT molecular complexity index is 223. The lowest BCUT2D eigenvalue weighted by Crippen LogP contribution is -2.33. The number of alkyl carbamates (subject to hydrolysis) is 1. The van der Waals surface area contributed by atoms with E-state index in [-0.39, 0.29) is 12.3 Å². The van der Waals surface area contributed by atoms with Gasteiger partial charge in [-0.25, -0.2) is 9.18 Å². The molecule has 0 aliphatic carbocycles. The van der Waals surface area contributed by atoms with Crippen LogP contribution in [0.5, 0.6) is 0 Å². The fourth-order valence-electron chi connectivity index (χ4n) is 0.629. The summed E-state index contributed by atoms with van der Waals surface area (Å²) in [6.45, 7) is 5.40. The smallest absolute Gasteiger partial charge is 0.407 e. The van der Waals surface area contributed by atoms with E-state index in [0.717, 1.165) is 0 Å². The Hall–Kier alpha value is -0.710. The van der Waals surface area contributed by atoms with Crippen molar-refractivity contribution in [1.29, 1.82) is 0 Å². The van der Waals surface area contributed by atoms with Crippen LogP contribution in [-0.4, -0.2) is 24.0 Å². The SMILES string of the molecule is CC(C)(C)OC(=O)NC/C(=C\F)CS. The minimum absolute atomic E-state index is 0.120. The topological polar surface area (TPSA) is 38.3 Å². The van der Waals surface area contributed by atoms with Crippen LogP contribution in [0.4, 0.5) is 9.18 Å².